The van der Waals surface area contributed by atoms with Gasteiger partial charge in [-0.25, -0.2) is 0 Å². The highest BCUT2D eigenvalue weighted by molar-refractivity contribution is 6.11. The van der Waals surface area contributed by atoms with Crippen LogP contribution in [0.2, 0.25) is 0 Å². The van der Waals surface area contributed by atoms with E-state index in [4.69, 9.17) is 5.73 Å². The third kappa shape index (κ3) is 3.05. The number of para-hydroxylation sites is 1. The van der Waals surface area contributed by atoms with Gasteiger partial charge in [0, 0.05) is 5.92 Å². The first-order valence-electron chi connectivity index (χ1n) is 8.85. The molecule has 0 unspecified atom stereocenters. The standard InChI is InChI=1S/C20H23N3O2/c1-13(24)17-18(14-8-4-2-5-9-14)16(12-21)19(22)23(20(17)25)15-10-6-3-7-11-15/h3,6-7,10-11,14,17-18H,2,4-5,8-9,22H2,1H3/t17-,18+/m0/s1. The fourth-order valence-corrected chi connectivity index (χ4v) is 4.27. The number of carbonyl (C=O) groups is 2. The van der Waals surface area contributed by atoms with E-state index in [2.05, 4.69) is 6.07 Å². The van der Waals surface area contributed by atoms with Gasteiger partial charge in [-0.05, 0) is 37.8 Å². The number of nitrogens with zero attached hydrogens (tertiary/aromatic N) is 2. The molecular formula is C20H23N3O2. The molecular weight excluding hydrogens is 314 g/mol. The number of rotatable bonds is 3. The van der Waals surface area contributed by atoms with Crippen molar-refractivity contribution in [2.75, 3.05) is 4.90 Å². The molecule has 5 heteroatoms. The number of allylic oxidation sites excluding steroid dienone is 1. The van der Waals surface area contributed by atoms with Gasteiger partial charge in [0.05, 0.1) is 17.3 Å². The predicted octanol–water partition coefficient (Wildman–Crippen LogP) is 3.13. The Labute approximate surface area is 148 Å². The first-order chi connectivity index (χ1) is 12.1. The van der Waals surface area contributed by atoms with Crippen molar-refractivity contribution < 1.29 is 9.59 Å². The van der Waals surface area contributed by atoms with E-state index < -0.39 is 11.8 Å². The molecule has 0 radical (unpaired) electrons. The van der Waals surface area contributed by atoms with Crippen LogP contribution >= 0.6 is 0 Å². The van der Waals surface area contributed by atoms with Gasteiger partial charge in [0.25, 0.3) is 0 Å². The Morgan fingerprint density at radius 1 is 1.20 bits per heavy atom. The van der Waals surface area contributed by atoms with Crippen LogP contribution < -0.4 is 10.6 Å². The van der Waals surface area contributed by atoms with Crippen molar-refractivity contribution in [2.24, 2.45) is 23.5 Å². The third-order valence-corrected chi connectivity index (χ3v) is 5.43. The summed E-state index contributed by atoms with van der Waals surface area (Å²) in [6.07, 6.45) is 5.18. The molecule has 1 amide bonds. The molecule has 3 rings (SSSR count). The average Bonchev–Trinajstić information content (AvgIpc) is 2.62. The molecule has 5 nitrogen and oxygen atoms in total. The van der Waals surface area contributed by atoms with Crippen molar-refractivity contribution >= 4 is 17.4 Å². The van der Waals surface area contributed by atoms with Gasteiger partial charge in [-0.3, -0.25) is 14.5 Å². The Bertz CT molecular complexity index is 742. The summed E-state index contributed by atoms with van der Waals surface area (Å²) in [5.74, 6) is -1.39. The first-order valence-corrected chi connectivity index (χ1v) is 8.85. The Morgan fingerprint density at radius 3 is 2.40 bits per heavy atom. The summed E-state index contributed by atoms with van der Waals surface area (Å²) in [4.78, 5) is 26.9. The average molecular weight is 337 g/mol. The molecule has 2 N–H and O–H groups in total. The molecule has 1 aliphatic carbocycles. The minimum absolute atomic E-state index is 0.165. The molecule has 2 aliphatic rings. The van der Waals surface area contributed by atoms with E-state index in [1.54, 1.807) is 24.3 Å². The Hall–Kier alpha value is -2.61. The number of carbonyl (C=O) groups excluding carboxylic acids is 2. The van der Waals surface area contributed by atoms with E-state index >= 15 is 0 Å². The van der Waals surface area contributed by atoms with Crippen LogP contribution in [0.25, 0.3) is 0 Å². The summed E-state index contributed by atoms with van der Waals surface area (Å²) >= 11 is 0. The molecule has 130 valence electrons. The first kappa shape index (κ1) is 17.2. The maximum atomic E-state index is 13.2. The summed E-state index contributed by atoms with van der Waals surface area (Å²) in [6, 6.07) is 11.2. The van der Waals surface area contributed by atoms with Crippen molar-refractivity contribution in [3.05, 3.63) is 41.7 Å². The van der Waals surface area contributed by atoms with Crippen molar-refractivity contribution in [3.8, 4) is 6.07 Å². The van der Waals surface area contributed by atoms with Gasteiger partial charge in [0.2, 0.25) is 5.91 Å². The molecule has 1 heterocycles. The van der Waals surface area contributed by atoms with Crippen molar-refractivity contribution in [1.82, 2.24) is 0 Å². The maximum Gasteiger partial charge on any atom is 0.243 e. The second-order valence-electron chi connectivity index (χ2n) is 6.93. The van der Waals surface area contributed by atoms with Gasteiger partial charge < -0.3 is 5.73 Å². The monoisotopic (exact) mass is 337 g/mol. The van der Waals surface area contributed by atoms with Crippen LogP contribution in [0.5, 0.6) is 0 Å². The minimum atomic E-state index is -0.828. The molecule has 1 fully saturated rings. The molecule has 1 aliphatic heterocycles. The van der Waals surface area contributed by atoms with Gasteiger partial charge >= 0.3 is 0 Å². The van der Waals surface area contributed by atoms with Crippen molar-refractivity contribution in [3.63, 3.8) is 0 Å². The van der Waals surface area contributed by atoms with Crippen LogP contribution in [-0.4, -0.2) is 11.7 Å². The molecule has 1 saturated carbocycles. The zero-order valence-corrected chi connectivity index (χ0v) is 14.4. The summed E-state index contributed by atoms with van der Waals surface area (Å²) in [6.45, 7) is 1.44. The lowest BCUT2D eigenvalue weighted by atomic mass is 9.68. The van der Waals surface area contributed by atoms with E-state index in [0.717, 1.165) is 25.7 Å². The van der Waals surface area contributed by atoms with Crippen LogP contribution in [0.4, 0.5) is 5.69 Å². The van der Waals surface area contributed by atoms with Gasteiger partial charge in [-0.1, -0.05) is 37.5 Å². The molecule has 0 bridgehead atoms. The van der Waals surface area contributed by atoms with E-state index in [1.165, 1.54) is 18.2 Å². The van der Waals surface area contributed by atoms with Crippen molar-refractivity contribution in [2.45, 2.75) is 39.0 Å². The SMILES string of the molecule is CC(=O)[C@@H]1C(=O)N(c2ccccc2)C(N)=C(C#N)[C@H]1C1CCCCC1. The molecule has 0 aromatic heterocycles. The number of nitrogens with two attached hydrogens (primary N) is 1. The zero-order valence-electron chi connectivity index (χ0n) is 14.4. The molecule has 0 spiro atoms. The van der Waals surface area contributed by atoms with Crippen LogP contribution in [-0.2, 0) is 9.59 Å². The fourth-order valence-electron chi connectivity index (χ4n) is 4.27. The van der Waals surface area contributed by atoms with Crippen LogP contribution in [0.3, 0.4) is 0 Å². The summed E-state index contributed by atoms with van der Waals surface area (Å²) in [7, 11) is 0. The number of ketones is 1. The topological polar surface area (TPSA) is 87.2 Å². The van der Waals surface area contributed by atoms with E-state index in [9.17, 15) is 14.9 Å². The van der Waals surface area contributed by atoms with Crippen LogP contribution in [0, 0.1) is 29.1 Å². The predicted molar refractivity (Wildman–Crippen MR) is 95.0 cm³/mol. The lowest BCUT2D eigenvalue weighted by Crippen LogP contribution is -2.51. The Kier molecular flexibility index (Phi) is 4.89. The number of Topliss-reactive ketones (excluding diaryl/α,β-unsaturated/α-hetero) is 1. The quantitative estimate of drug-likeness (QED) is 0.858. The normalized spacial score (nSPS) is 25.0. The highest BCUT2D eigenvalue weighted by atomic mass is 16.2. The number of benzene rings is 1. The van der Waals surface area contributed by atoms with Gasteiger partial charge in [0.1, 0.15) is 17.5 Å². The molecule has 1 aromatic carbocycles. The fraction of sp³-hybridized carbons (Fsp3) is 0.450. The lowest BCUT2D eigenvalue weighted by Gasteiger charge is -2.41. The van der Waals surface area contributed by atoms with Gasteiger partial charge in [-0.2, -0.15) is 5.26 Å². The largest absolute Gasteiger partial charge is 0.384 e. The highest BCUT2D eigenvalue weighted by Gasteiger charge is 2.47. The number of hydrogen-bond donors (Lipinski definition) is 1. The van der Waals surface area contributed by atoms with Crippen LogP contribution in [0.1, 0.15) is 39.0 Å². The summed E-state index contributed by atoms with van der Waals surface area (Å²) < 4.78 is 0. The second kappa shape index (κ2) is 7.10. The lowest BCUT2D eigenvalue weighted by molar-refractivity contribution is -0.134. The summed E-state index contributed by atoms with van der Waals surface area (Å²) in [5.41, 5.74) is 7.24. The van der Waals surface area contributed by atoms with E-state index in [-0.39, 0.29) is 23.4 Å². The summed E-state index contributed by atoms with van der Waals surface area (Å²) in [5, 5.41) is 9.78. The smallest absolute Gasteiger partial charge is 0.243 e. The minimum Gasteiger partial charge on any atom is -0.384 e. The zero-order chi connectivity index (χ0) is 18.0. The van der Waals surface area contributed by atoms with Gasteiger partial charge in [-0.15, -0.1) is 0 Å². The third-order valence-electron chi connectivity index (χ3n) is 5.43. The van der Waals surface area contributed by atoms with E-state index in [0.29, 0.717) is 11.3 Å². The number of anilines is 1. The number of nitriles is 1. The highest BCUT2D eigenvalue weighted by Crippen LogP contribution is 2.43. The maximum absolute atomic E-state index is 13.2. The Balaban J connectivity index is 2.12. The number of hydrogen-bond acceptors (Lipinski definition) is 4. The molecule has 1 aromatic rings. The Morgan fingerprint density at radius 2 is 1.84 bits per heavy atom. The second-order valence-corrected chi connectivity index (χ2v) is 6.93. The van der Waals surface area contributed by atoms with Crippen LogP contribution in [0.15, 0.2) is 41.7 Å². The molecule has 2 atom stereocenters. The number of amides is 1. The van der Waals surface area contributed by atoms with Crippen molar-refractivity contribution in [1.29, 1.82) is 5.26 Å². The molecule has 0 saturated heterocycles. The van der Waals surface area contributed by atoms with E-state index in [1.807, 2.05) is 6.07 Å². The van der Waals surface area contributed by atoms with Gasteiger partial charge in [0.15, 0.2) is 0 Å². The molecule has 25 heavy (non-hydrogen) atoms.